The maximum absolute atomic E-state index is 13.7. The Morgan fingerprint density at radius 2 is 1.84 bits per heavy atom. The fraction of sp³-hybridized carbons (Fsp3) is 0.200. The Morgan fingerprint density at radius 1 is 1.16 bits per heavy atom. The van der Waals surface area contributed by atoms with Crippen LogP contribution in [-0.4, -0.2) is 7.05 Å². The fourth-order valence-electron chi connectivity index (χ4n) is 1.90. The molecule has 0 spiro atoms. The van der Waals surface area contributed by atoms with Crippen LogP contribution >= 0.6 is 15.9 Å². The number of anilines is 1. The molecule has 0 unspecified atom stereocenters. The van der Waals surface area contributed by atoms with Crippen LogP contribution in [0.15, 0.2) is 46.9 Å². The third-order valence-corrected chi connectivity index (χ3v) is 3.52. The van der Waals surface area contributed by atoms with Gasteiger partial charge in [0.1, 0.15) is 5.82 Å². The summed E-state index contributed by atoms with van der Waals surface area (Å²) in [5.74, 6) is -0.186. The van der Waals surface area contributed by atoms with Crippen LogP contribution in [0.5, 0.6) is 0 Å². The summed E-state index contributed by atoms with van der Waals surface area (Å²) in [5.41, 5.74) is 8.36. The van der Waals surface area contributed by atoms with Crippen molar-refractivity contribution in [3.8, 4) is 0 Å². The molecule has 0 aromatic heterocycles. The standard InChI is InChI=1S/C15H16BrFN2/c1-19(14-5-2-11(9-18)3-6-14)10-12-8-13(16)4-7-15(12)17/h2-8H,9-10,18H2,1H3. The minimum Gasteiger partial charge on any atom is -0.370 e. The Kier molecular flexibility index (Phi) is 4.56. The van der Waals surface area contributed by atoms with Gasteiger partial charge in [0.05, 0.1) is 0 Å². The molecule has 19 heavy (non-hydrogen) atoms. The van der Waals surface area contributed by atoms with E-state index in [9.17, 15) is 4.39 Å². The van der Waals surface area contributed by atoms with E-state index >= 15 is 0 Å². The third-order valence-electron chi connectivity index (χ3n) is 3.03. The maximum atomic E-state index is 13.7. The van der Waals surface area contributed by atoms with Crippen LogP contribution in [0.3, 0.4) is 0 Å². The number of halogens is 2. The fourth-order valence-corrected chi connectivity index (χ4v) is 2.31. The van der Waals surface area contributed by atoms with Crippen molar-refractivity contribution in [3.05, 3.63) is 63.9 Å². The Bertz CT molecular complexity index is 555. The monoisotopic (exact) mass is 322 g/mol. The van der Waals surface area contributed by atoms with Gasteiger partial charge in [0.2, 0.25) is 0 Å². The van der Waals surface area contributed by atoms with Gasteiger partial charge in [0.15, 0.2) is 0 Å². The number of nitrogens with zero attached hydrogens (tertiary/aromatic N) is 1. The van der Waals surface area contributed by atoms with Gasteiger partial charge in [-0.1, -0.05) is 28.1 Å². The molecule has 0 saturated heterocycles. The van der Waals surface area contributed by atoms with Crippen LogP contribution in [-0.2, 0) is 13.1 Å². The molecule has 2 aromatic rings. The summed E-state index contributed by atoms with van der Waals surface area (Å²) in [5, 5.41) is 0. The van der Waals surface area contributed by atoms with Gasteiger partial charge in [-0.25, -0.2) is 4.39 Å². The molecular weight excluding hydrogens is 307 g/mol. The average molecular weight is 323 g/mol. The van der Waals surface area contributed by atoms with E-state index in [0.29, 0.717) is 18.7 Å². The Morgan fingerprint density at radius 3 is 2.47 bits per heavy atom. The smallest absolute Gasteiger partial charge is 0.128 e. The average Bonchev–Trinajstić information content (AvgIpc) is 2.43. The van der Waals surface area contributed by atoms with Crippen molar-refractivity contribution in [3.63, 3.8) is 0 Å². The number of rotatable bonds is 4. The van der Waals surface area contributed by atoms with Gasteiger partial charge in [-0.3, -0.25) is 0 Å². The van der Waals surface area contributed by atoms with Crippen molar-refractivity contribution in [2.45, 2.75) is 13.1 Å². The van der Waals surface area contributed by atoms with Gasteiger partial charge in [-0.15, -0.1) is 0 Å². The molecule has 100 valence electrons. The van der Waals surface area contributed by atoms with Crippen LogP contribution in [0.2, 0.25) is 0 Å². The van der Waals surface area contributed by atoms with Crippen LogP contribution in [0.1, 0.15) is 11.1 Å². The minimum atomic E-state index is -0.186. The number of benzene rings is 2. The topological polar surface area (TPSA) is 29.3 Å². The largest absolute Gasteiger partial charge is 0.370 e. The molecule has 0 atom stereocenters. The Balaban J connectivity index is 2.15. The van der Waals surface area contributed by atoms with Gasteiger partial charge < -0.3 is 10.6 Å². The second kappa shape index (κ2) is 6.17. The highest BCUT2D eigenvalue weighted by molar-refractivity contribution is 9.10. The first-order chi connectivity index (χ1) is 9.10. The van der Waals surface area contributed by atoms with Gasteiger partial charge in [0.25, 0.3) is 0 Å². The minimum absolute atomic E-state index is 0.186. The lowest BCUT2D eigenvalue weighted by atomic mass is 10.1. The summed E-state index contributed by atoms with van der Waals surface area (Å²) < 4.78 is 14.6. The highest BCUT2D eigenvalue weighted by Gasteiger charge is 2.07. The lowest BCUT2D eigenvalue weighted by Gasteiger charge is -2.20. The summed E-state index contributed by atoms with van der Waals surface area (Å²) in [4.78, 5) is 2.01. The molecule has 0 saturated carbocycles. The molecule has 2 rings (SSSR count). The van der Waals surface area contributed by atoms with Gasteiger partial charge in [0, 0.05) is 35.9 Å². The lowest BCUT2D eigenvalue weighted by molar-refractivity contribution is 0.607. The molecule has 2 N–H and O–H groups in total. The van der Waals surface area contributed by atoms with Gasteiger partial charge in [-0.05, 0) is 35.9 Å². The second-order valence-corrected chi connectivity index (χ2v) is 5.38. The van der Waals surface area contributed by atoms with Crippen molar-refractivity contribution >= 4 is 21.6 Å². The molecular formula is C15H16BrFN2. The second-order valence-electron chi connectivity index (χ2n) is 4.46. The third kappa shape index (κ3) is 3.55. The van der Waals surface area contributed by atoms with Crippen molar-refractivity contribution < 1.29 is 4.39 Å². The van der Waals surface area contributed by atoms with Crippen LogP contribution in [0.25, 0.3) is 0 Å². The predicted octanol–water partition coefficient (Wildman–Crippen LogP) is 3.68. The summed E-state index contributed by atoms with van der Waals surface area (Å²) >= 11 is 3.36. The van der Waals surface area contributed by atoms with Crippen LogP contribution in [0.4, 0.5) is 10.1 Å². The van der Waals surface area contributed by atoms with Crippen LogP contribution < -0.4 is 10.6 Å². The first kappa shape index (κ1) is 14.0. The number of hydrogen-bond donors (Lipinski definition) is 1. The zero-order valence-electron chi connectivity index (χ0n) is 10.7. The van der Waals surface area contributed by atoms with Crippen molar-refractivity contribution in [2.75, 3.05) is 11.9 Å². The Labute approximate surface area is 121 Å². The van der Waals surface area contributed by atoms with Crippen LogP contribution in [0, 0.1) is 5.82 Å². The van der Waals surface area contributed by atoms with E-state index in [1.807, 2.05) is 36.2 Å². The summed E-state index contributed by atoms with van der Waals surface area (Å²) in [6.45, 7) is 1.05. The zero-order valence-corrected chi connectivity index (χ0v) is 12.3. The molecule has 0 bridgehead atoms. The molecule has 0 aliphatic heterocycles. The normalized spacial score (nSPS) is 10.5. The van der Waals surface area contributed by atoms with E-state index < -0.39 is 0 Å². The highest BCUT2D eigenvalue weighted by atomic mass is 79.9. The molecule has 0 amide bonds. The van der Waals surface area contributed by atoms with E-state index in [4.69, 9.17) is 5.73 Å². The Hall–Kier alpha value is -1.39. The number of hydrogen-bond acceptors (Lipinski definition) is 2. The van der Waals surface area contributed by atoms with E-state index in [2.05, 4.69) is 15.9 Å². The molecule has 2 nitrogen and oxygen atoms in total. The quantitative estimate of drug-likeness (QED) is 0.930. The summed E-state index contributed by atoms with van der Waals surface area (Å²) in [6.07, 6.45) is 0. The zero-order chi connectivity index (χ0) is 13.8. The van der Waals surface area contributed by atoms with Gasteiger partial charge in [-0.2, -0.15) is 0 Å². The maximum Gasteiger partial charge on any atom is 0.128 e. The number of nitrogens with two attached hydrogens (primary N) is 1. The van der Waals surface area contributed by atoms with Crippen molar-refractivity contribution in [1.29, 1.82) is 0 Å². The van der Waals surface area contributed by atoms with E-state index in [0.717, 1.165) is 15.7 Å². The first-order valence-electron chi connectivity index (χ1n) is 6.04. The van der Waals surface area contributed by atoms with Gasteiger partial charge >= 0.3 is 0 Å². The van der Waals surface area contributed by atoms with Crippen molar-refractivity contribution in [1.82, 2.24) is 0 Å². The molecule has 0 heterocycles. The molecule has 0 aliphatic rings. The molecule has 0 radical (unpaired) electrons. The highest BCUT2D eigenvalue weighted by Crippen LogP contribution is 2.20. The molecule has 4 heteroatoms. The SMILES string of the molecule is CN(Cc1cc(Br)ccc1F)c1ccc(CN)cc1. The predicted molar refractivity (Wildman–Crippen MR) is 80.5 cm³/mol. The molecule has 0 fully saturated rings. The first-order valence-corrected chi connectivity index (χ1v) is 6.83. The van der Waals surface area contributed by atoms with E-state index in [1.54, 1.807) is 12.1 Å². The molecule has 2 aromatic carbocycles. The van der Waals surface area contributed by atoms with Crippen molar-refractivity contribution in [2.24, 2.45) is 5.73 Å². The van der Waals surface area contributed by atoms with E-state index in [1.165, 1.54) is 6.07 Å². The van der Waals surface area contributed by atoms with E-state index in [-0.39, 0.29) is 5.82 Å². The summed E-state index contributed by atoms with van der Waals surface area (Å²) in [6, 6.07) is 13.0. The summed E-state index contributed by atoms with van der Waals surface area (Å²) in [7, 11) is 1.94. The lowest BCUT2D eigenvalue weighted by Crippen LogP contribution is -2.17. The molecule has 0 aliphatic carbocycles.